The summed E-state index contributed by atoms with van der Waals surface area (Å²) in [5, 5.41) is 0. The second kappa shape index (κ2) is 3.58. The smallest absolute Gasteiger partial charge is 0.0171 e. The molecule has 2 nitrogen and oxygen atoms in total. The summed E-state index contributed by atoms with van der Waals surface area (Å²) >= 11 is 0. The van der Waals surface area contributed by atoms with E-state index >= 15 is 0 Å². The molecule has 0 aromatic carbocycles. The Morgan fingerprint density at radius 2 is 1.54 bits per heavy atom. The fourth-order valence-corrected chi connectivity index (χ4v) is 2.75. The Bertz CT molecular complexity index is 171. The van der Waals surface area contributed by atoms with E-state index in [1.54, 1.807) is 0 Å². The van der Waals surface area contributed by atoms with Gasteiger partial charge in [0.1, 0.15) is 0 Å². The fourth-order valence-electron chi connectivity index (χ4n) is 2.75. The van der Waals surface area contributed by atoms with E-state index < -0.39 is 0 Å². The number of piperidine rings is 2. The first-order chi connectivity index (χ1) is 6.20. The summed E-state index contributed by atoms with van der Waals surface area (Å²) in [4.78, 5) is 4.45. The maximum Gasteiger partial charge on any atom is -0.0171 e. The first kappa shape index (κ1) is 9.47. The van der Waals surface area contributed by atoms with Gasteiger partial charge in [0.15, 0.2) is 0 Å². The Balaban J connectivity index is 1.95. The molecule has 13 heavy (non-hydrogen) atoms. The van der Waals surface area contributed by atoms with Crippen molar-refractivity contribution in [2.24, 2.45) is 5.41 Å². The number of nitrogens with zero attached hydrogens (tertiary/aromatic N) is 2. The molecule has 2 fully saturated rings. The maximum atomic E-state index is 4.07. The van der Waals surface area contributed by atoms with Crippen LogP contribution in [-0.4, -0.2) is 36.0 Å². The highest BCUT2D eigenvalue weighted by Crippen LogP contribution is 2.39. The Labute approximate surface area is 81.9 Å². The fraction of sp³-hybridized carbons (Fsp3) is 0.818. The molecule has 0 bridgehead atoms. The number of hydrogen-bond donors (Lipinski definition) is 0. The highest BCUT2D eigenvalue weighted by Gasteiger charge is 2.33. The SMILES string of the molecule is [CH2-]N1CCC2(CCCN([CH2-])C2)CC1. The van der Waals surface area contributed by atoms with Crippen LogP contribution in [0.4, 0.5) is 0 Å². The van der Waals surface area contributed by atoms with Crippen LogP contribution < -0.4 is 0 Å². The van der Waals surface area contributed by atoms with E-state index in [-0.39, 0.29) is 0 Å². The summed E-state index contributed by atoms with van der Waals surface area (Å²) in [7, 11) is 8.07. The Morgan fingerprint density at radius 1 is 0.846 bits per heavy atom. The van der Waals surface area contributed by atoms with Crippen LogP contribution in [0.1, 0.15) is 25.7 Å². The van der Waals surface area contributed by atoms with Crippen LogP contribution >= 0.6 is 0 Å². The lowest BCUT2D eigenvalue weighted by Crippen LogP contribution is -2.46. The highest BCUT2D eigenvalue weighted by atomic mass is 15.1. The Hall–Kier alpha value is -0.0800. The first-order valence-corrected chi connectivity index (χ1v) is 5.31. The second-order valence-corrected chi connectivity index (χ2v) is 4.77. The van der Waals surface area contributed by atoms with E-state index in [0.717, 1.165) is 0 Å². The molecule has 2 aliphatic heterocycles. The van der Waals surface area contributed by atoms with Gasteiger partial charge < -0.3 is 9.80 Å². The van der Waals surface area contributed by atoms with Gasteiger partial charge in [0.2, 0.25) is 0 Å². The summed E-state index contributed by atoms with van der Waals surface area (Å²) in [5.74, 6) is 0. The van der Waals surface area contributed by atoms with Crippen molar-refractivity contribution >= 4 is 0 Å². The van der Waals surface area contributed by atoms with E-state index in [1.807, 2.05) is 0 Å². The molecule has 0 radical (unpaired) electrons. The molecule has 0 N–H and O–H groups in total. The van der Waals surface area contributed by atoms with Gasteiger partial charge in [-0.05, 0) is 57.3 Å². The van der Waals surface area contributed by atoms with Crippen LogP contribution in [0.3, 0.4) is 0 Å². The van der Waals surface area contributed by atoms with Crippen molar-refractivity contribution < 1.29 is 0 Å². The minimum atomic E-state index is 0.591. The molecule has 0 unspecified atom stereocenters. The van der Waals surface area contributed by atoms with Crippen LogP contribution in [0, 0.1) is 19.5 Å². The second-order valence-electron chi connectivity index (χ2n) is 4.77. The molecule has 0 atom stereocenters. The van der Waals surface area contributed by atoms with E-state index in [2.05, 4.69) is 23.9 Å². The van der Waals surface area contributed by atoms with Crippen molar-refractivity contribution in [3.63, 3.8) is 0 Å². The molecule has 2 saturated heterocycles. The molecule has 0 aromatic rings. The molecule has 0 amide bonds. The molecule has 1 spiro atoms. The van der Waals surface area contributed by atoms with Crippen LogP contribution in [0.2, 0.25) is 0 Å². The quantitative estimate of drug-likeness (QED) is 0.524. The highest BCUT2D eigenvalue weighted by molar-refractivity contribution is 4.91. The molecule has 0 aliphatic carbocycles. The third-order valence-electron chi connectivity index (χ3n) is 3.66. The molecule has 0 aromatic heterocycles. The zero-order chi connectivity index (χ0) is 9.31. The molecule has 2 rings (SSSR count). The summed E-state index contributed by atoms with van der Waals surface area (Å²) in [6, 6.07) is 0. The average Bonchev–Trinajstić information content (AvgIpc) is 2.11. The predicted octanol–water partition coefficient (Wildman–Crippen LogP) is 1.75. The van der Waals surface area contributed by atoms with Crippen LogP contribution in [-0.2, 0) is 0 Å². The maximum absolute atomic E-state index is 4.07. The number of hydrogen-bond acceptors (Lipinski definition) is 2. The Morgan fingerprint density at radius 3 is 2.15 bits per heavy atom. The van der Waals surface area contributed by atoms with Crippen molar-refractivity contribution in [2.45, 2.75) is 25.7 Å². The van der Waals surface area contributed by atoms with Gasteiger partial charge in [0.05, 0.1) is 0 Å². The summed E-state index contributed by atoms with van der Waals surface area (Å²) in [6.45, 7) is 4.75. The largest absolute Gasteiger partial charge is 0.459 e. The Kier molecular flexibility index (Phi) is 2.61. The third-order valence-corrected chi connectivity index (χ3v) is 3.66. The normalized spacial score (nSPS) is 30.9. The van der Waals surface area contributed by atoms with Crippen molar-refractivity contribution in [1.29, 1.82) is 0 Å². The summed E-state index contributed by atoms with van der Waals surface area (Å²) < 4.78 is 0. The zero-order valence-electron chi connectivity index (χ0n) is 8.47. The summed E-state index contributed by atoms with van der Waals surface area (Å²) in [5.41, 5.74) is 0.591. The van der Waals surface area contributed by atoms with Crippen molar-refractivity contribution in [1.82, 2.24) is 9.80 Å². The standard InChI is InChI=1S/C11H20N2/c1-12-8-5-11(6-9-12)4-3-7-13(2)10-11/h1-10H2/q-2. The van der Waals surface area contributed by atoms with E-state index in [0.29, 0.717) is 5.41 Å². The van der Waals surface area contributed by atoms with Gasteiger partial charge in [-0.25, -0.2) is 0 Å². The van der Waals surface area contributed by atoms with Gasteiger partial charge in [0, 0.05) is 0 Å². The van der Waals surface area contributed by atoms with Gasteiger partial charge in [-0.3, -0.25) is 14.1 Å². The van der Waals surface area contributed by atoms with Gasteiger partial charge in [-0.1, -0.05) is 0 Å². The van der Waals surface area contributed by atoms with Gasteiger partial charge in [0.25, 0.3) is 0 Å². The topological polar surface area (TPSA) is 6.48 Å². The minimum absolute atomic E-state index is 0.591. The minimum Gasteiger partial charge on any atom is -0.459 e. The van der Waals surface area contributed by atoms with E-state index in [1.165, 1.54) is 51.9 Å². The molecule has 2 aliphatic rings. The van der Waals surface area contributed by atoms with Gasteiger partial charge >= 0.3 is 0 Å². The monoisotopic (exact) mass is 180 g/mol. The molecule has 76 valence electrons. The molecule has 0 saturated carbocycles. The lowest BCUT2D eigenvalue weighted by Gasteiger charge is -2.50. The summed E-state index contributed by atoms with van der Waals surface area (Å²) in [6.07, 6.45) is 5.39. The molecule has 2 heterocycles. The van der Waals surface area contributed by atoms with Gasteiger partial charge in [-0.2, -0.15) is 0 Å². The van der Waals surface area contributed by atoms with Crippen LogP contribution in [0.5, 0.6) is 0 Å². The molecular weight excluding hydrogens is 160 g/mol. The third kappa shape index (κ3) is 2.05. The van der Waals surface area contributed by atoms with Crippen LogP contribution in [0.25, 0.3) is 0 Å². The van der Waals surface area contributed by atoms with Crippen molar-refractivity contribution in [2.75, 3.05) is 26.2 Å². The predicted molar refractivity (Wildman–Crippen MR) is 54.8 cm³/mol. The van der Waals surface area contributed by atoms with E-state index in [9.17, 15) is 0 Å². The van der Waals surface area contributed by atoms with Crippen LogP contribution in [0.15, 0.2) is 0 Å². The lowest BCUT2D eigenvalue weighted by atomic mass is 9.73. The zero-order valence-corrected chi connectivity index (χ0v) is 8.47. The van der Waals surface area contributed by atoms with Crippen molar-refractivity contribution in [3.8, 4) is 0 Å². The van der Waals surface area contributed by atoms with Crippen molar-refractivity contribution in [3.05, 3.63) is 14.1 Å². The lowest BCUT2D eigenvalue weighted by molar-refractivity contribution is 0.0548. The number of rotatable bonds is 0. The molecule has 2 heteroatoms. The van der Waals surface area contributed by atoms with Gasteiger partial charge in [-0.15, -0.1) is 0 Å². The number of likely N-dealkylation sites (tertiary alicyclic amines) is 2. The molecular formula is C11H20N2-2. The first-order valence-electron chi connectivity index (χ1n) is 5.31. The van der Waals surface area contributed by atoms with E-state index in [4.69, 9.17) is 0 Å². The average molecular weight is 180 g/mol.